The van der Waals surface area contributed by atoms with E-state index < -0.39 is 35.7 Å². The van der Waals surface area contributed by atoms with Gasteiger partial charge in [-0.25, -0.2) is 4.39 Å². The molecule has 1 saturated heterocycles. The minimum Gasteiger partial charge on any atom is -0.298 e. The van der Waals surface area contributed by atoms with Gasteiger partial charge < -0.3 is 0 Å². The van der Waals surface area contributed by atoms with Crippen molar-refractivity contribution in [3.63, 3.8) is 0 Å². The van der Waals surface area contributed by atoms with Crippen molar-refractivity contribution < 1.29 is 35.5 Å². The Labute approximate surface area is 174 Å². The Morgan fingerprint density at radius 1 is 0.968 bits per heavy atom. The first-order valence-corrected chi connectivity index (χ1v) is 9.60. The second-order valence-corrected chi connectivity index (χ2v) is 7.75. The van der Waals surface area contributed by atoms with Gasteiger partial charge in [0.1, 0.15) is 12.0 Å². The summed E-state index contributed by atoms with van der Waals surface area (Å²) in [5.74, 6) is -0.147. The molecule has 2 atom stereocenters. The number of rotatable bonds is 5. The largest absolute Gasteiger partial charge is 0.416 e. The highest BCUT2D eigenvalue weighted by molar-refractivity contribution is 5.84. The standard InChI is InChI=1S/C22H20F7NO/c1-30-12-18(23)11-19(30)20(31)6-5-13-3-2-4-14(7-13)15-8-16(21(24,25)26)10-17(9-15)22(27,28)29/h2-4,7-10,18-19H,5-6,11-12H2,1H3/t18-,19-/m0/s1. The van der Waals surface area contributed by atoms with Crippen LogP contribution < -0.4 is 0 Å². The van der Waals surface area contributed by atoms with Crippen molar-refractivity contribution in [1.29, 1.82) is 0 Å². The van der Waals surface area contributed by atoms with E-state index in [9.17, 15) is 35.5 Å². The maximum Gasteiger partial charge on any atom is 0.416 e. The van der Waals surface area contributed by atoms with Crippen LogP contribution in [0.1, 0.15) is 29.5 Å². The molecule has 1 aliphatic rings. The van der Waals surface area contributed by atoms with Gasteiger partial charge in [0.05, 0.1) is 17.2 Å². The molecule has 0 unspecified atom stereocenters. The van der Waals surface area contributed by atoms with Gasteiger partial charge in [0, 0.05) is 19.4 Å². The van der Waals surface area contributed by atoms with E-state index in [0.717, 1.165) is 0 Å². The number of carbonyl (C=O) groups is 1. The first kappa shape index (κ1) is 23.2. The number of nitrogens with zero attached hydrogens (tertiary/aromatic N) is 1. The van der Waals surface area contributed by atoms with Crippen LogP contribution in [0.3, 0.4) is 0 Å². The van der Waals surface area contributed by atoms with E-state index in [1.807, 2.05) is 0 Å². The molecule has 2 nitrogen and oxygen atoms in total. The molecule has 1 aliphatic heterocycles. The van der Waals surface area contributed by atoms with Gasteiger partial charge in [-0.1, -0.05) is 24.3 Å². The Hall–Kier alpha value is -2.42. The number of aryl methyl sites for hydroxylation is 1. The van der Waals surface area contributed by atoms with E-state index in [-0.39, 0.29) is 48.8 Å². The highest BCUT2D eigenvalue weighted by atomic mass is 19.4. The van der Waals surface area contributed by atoms with Crippen LogP contribution in [0.25, 0.3) is 11.1 Å². The number of benzene rings is 2. The fraction of sp³-hybridized carbons (Fsp3) is 0.409. The molecule has 0 N–H and O–H groups in total. The summed E-state index contributed by atoms with van der Waals surface area (Å²) in [7, 11) is 1.66. The zero-order valence-corrected chi connectivity index (χ0v) is 16.5. The van der Waals surface area contributed by atoms with Crippen LogP contribution >= 0.6 is 0 Å². The molecule has 2 aromatic rings. The maximum absolute atomic E-state index is 13.5. The number of halogens is 7. The third kappa shape index (κ3) is 5.64. The molecule has 0 aromatic heterocycles. The van der Waals surface area contributed by atoms with Gasteiger partial charge in [-0.3, -0.25) is 9.69 Å². The molecule has 0 amide bonds. The van der Waals surface area contributed by atoms with Crippen molar-refractivity contribution in [3.05, 3.63) is 59.2 Å². The second kappa shape index (κ2) is 8.61. The molecule has 3 rings (SSSR count). The van der Waals surface area contributed by atoms with Crippen LogP contribution in [0, 0.1) is 0 Å². The van der Waals surface area contributed by atoms with E-state index >= 15 is 0 Å². The van der Waals surface area contributed by atoms with Crippen LogP contribution in [0.2, 0.25) is 0 Å². The molecule has 0 saturated carbocycles. The van der Waals surface area contributed by atoms with Gasteiger partial charge >= 0.3 is 12.4 Å². The number of carbonyl (C=O) groups excluding carboxylic acids is 1. The van der Waals surface area contributed by atoms with E-state index in [0.29, 0.717) is 17.7 Å². The van der Waals surface area contributed by atoms with Crippen LogP contribution in [0.5, 0.6) is 0 Å². The molecule has 1 fully saturated rings. The first-order chi connectivity index (χ1) is 14.3. The smallest absolute Gasteiger partial charge is 0.298 e. The topological polar surface area (TPSA) is 20.3 Å². The summed E-state index contributed by atoms with van der Waals surface area (Å²) >= 11 is 0. The fourth-order valence-electron chi connectivity index (χ4n) is 3.78. The van der Waals surface area contributed by atoms with E-state index in [2.05, 4.69) is 0 Å². The van der Waals surface area contributed by atoms with Crippen LogP contribution in [-0.4, -0.2) is 36.5 Å². The lowest BCUT2D eigenvalue weighted by molar-refractivity contribution is -0.143. The Bertz CT molecular complexity index is 919. The lowest BCUT2D eigenvalue weighted by atomic mass is 9.96. The third-order valence-corrected chi connectivity index (χ3v) is 5.38. The average molecular weight is 447 g/mol. The van der Waals surface area contributed by atoms with E-state index in [1.54, 1.807) is 18.0 Å². The fourth-order valence-corrected chi connectivity index (χ4v) is 3.78. The molecule has 0 aliphatic carbocycles. The summed E-state index contributed by atoms with van der Waals surface area (Å²) in [5, 5.41) is 0. The van der Waals surface area contributed by atoms with Gasteiger partial charge in [-0.05, 0) is 48.4 Å². The molecular formula is C22H20F7NO. The normalized spacial score (nSPS) is 20.3. The number of ketones is 1. The highest BCUT2D eigenvalue weighted by Gasteiger charge is 2.37. The van der Waals surface area contributed by atoms with Crippen molar-refractivity contribution >= 4 is 5.78 Å². The summed E-state index contributed by atoms with van der Waals surface area (Å²) < 4.78 is 92.1. The minimum absolute atomic E-state index is 0.0856. The summed E-state index contributed by atoms with van der Waals surface area (Å²) in [6.45, 7) is 0.184. The van der Waals surface area contributed by atoms with Crippen molar-refractivity contribution in [2.45, 2.75) is 43.8 Å². The average Bonchev–Trinajstić information content (AvgIpc) is 3.03. The summed E-state index contributed by atoms with van der Waals surface area (Å²) in [5.41, 5.74) is -2.21. The van der Waals surface area contributed by atoms with Crippen LogP contribution in [-0.2, 0) is 23.6 Å². The monoisotopic (exact) mass is 447 g/mol. The minimum atomic E-state index is -4.93. The van der Waals surface area contributed by atoms with Crippen molar-refractivity contribution in [2.24, 2.45) is 0 Å². The number of likely N-dealkylation sites (tertiary alicyclic amines) is 1. The van der Waals surface area contributed by atoms with Crippen molar-refractivity contribution in [3.8, 4) is 11.1 Å². The van der Waals surface area contributed by atoms with Crippen molar-refractivity contribution in [2.75, 3.05) is 13.6 Å². The zero-order valence-electron chi connectivity index (χ0n) is 16.5. The number of likely N-dealkylation sites (N-methyl/N-ethyl adjacent to an activating group) is 1. The van der Waals surface area contributed by atoms with Gasteiger partial charge in [-0.15, -0.1) is 0 Å². The molecular weight excluding hydrogens is 427 g/mol. The molecule has 9 heteroatoms. The summed E-state index contributed by atoms with van der Waals surface area (Å²) in [6.07, 6.45) is -10.4. The Morgan fingerprint density at radius 2 is 1.58 bits per heavy atom. The second-order valence-electron chi connectivity index (χ2n) is 7.75. The number of hydrogen-bond donors (Lipinski definition) is 0. The summed E-state index contributed by atoms with van der Waals surface area (Å²) in [4.78, 5) is 14.0. The van der Waals surface area contributed by atoms with Gasteiger partial charge in [-0.2, -0.15) is 26.3 Å². The number of Topliss-reactive ketones (excluding diaryl/α,β-unsaturated/α-hetero) is 1. The maximum atomic E-state index is 13.5. The van der Waals surface area contributed by atoms with Crippen molar-refractivity contribution in [1.82, 2.24) is 4.90 Å². The molecule has 31 heavy (non-hydrogen) atoms. The number of hydrogen-bond acceptors (Lipinski definition) is 2. The third-order valence-electron chi connectivity index (χ3n) is 5.38. The molecule has 0 bridgehead atoms. The zero-order chi connectivity index (χ0) is 23.0. The Kier molecular flexibility index (Phi) is 6.45. The molecule has 1 heterocycles. The van der Waals surface area contributed by atoms with Crippen LogP contribution in [0.15, 0.2) is 42.5 Å². The summed E-state index contributed by atoms with van der Waals surface area (Å²) in [6, 6.07) is 6.97. The van der Waals surface area contributed by atoms with E-state index in [4.69, 9.17) is 0 Å². The lowest BCUT2D eigenvalue weighted by Crippen LogP contribution is -2.33. The number of alkyl halides is 7. The molecule has 2 aromatic carbocycles. The molecule has 168 valence electrons. The van der Waals surface area contributed by atoms with Gasteiger partial charge in [0.15, 0.2) is 0 Å². The first-order valence-electron chi connectivity index (χ1n) is 9.60. The predicted octanol–water partition coefficient (Wildman–Crippen LogP) is 5.94. The highest BCUT2D eigenvalue weighted by Crippen LogP contribution is 2.38. The van der Waals surface area contributed by atoms with E-state index in [1.165, 1.54) is 18.2 Å². The molecule has 0 radical (unpaired) electrons. The van der Waals surface area contributed by atoms with Crippen LogP contribution in [0.4, 0.5) is 30.7 Å². The quantitative estimate of drug-likeness (QED) is 0.529. The Balaban J connectivity index is 1.83. The lowest BCUT2D eigenvalue weighted by Gasteiger charge is -2.17. The SMILES string of the molecule is CN1C[C@@H](F)C[C@H]1C(=O)CCc1cccc(-c2cc(C(F)(F)F)cc(C(F)(F)F)c2)c1. The predicted molar refractivity (Wildman–Crippen MR) is 101 cm³/mol. The van der Waals surface area contributed by atoms with Gasteiger partial charge in [0.25, 0.3) is 0 Å². The Morgan fingerprint density at radius 3 is 2.10 bits per heavy atom. The van der Waals surface area contributed by atoms with Gasteiger partial charge in [0.2, 0.25) is 0 Å². The molecule has 0 spiro atoms.